The lowest BCUT2D eigenvalue weighted by atomic mass is 10.0. The maximum Gasteiger partial charge on any atom is 0.258 e. The first-order valence-electron chi connectivity index (χ1n) is 5.76. The molecular formula is C15H13NO. The van der Waals surface area contributed by atoms with Gasteiger partial charge in [-0.15, -0.1) is 0 Å². The normalized spacial score (nSPS) is 14.5. The van der Waals surface area contributed by atoms with E-state index in [1.807, 2.05) is 31.2 Å². The number of nitrogens with zero attached hydrogens (tertiary/aromatic N) is 1. The van der Waals surface area contributed by atoms with Crippen LogP contribution in [0, 0.1) is 0 Å². The Bertz CT molecular complexity index is 588. The number of carbonyl (C=O) groups is 1. The molecule has 0 saturated carbocycles. The van der Waals surface area contributed by atoms with Crippen LogP contribution in [0.25, 0.3) is 16.5 Å². The summed E-state index contributed by atoms with van der Waals surface area (Å²) in [5, 5.41) is 2.25. The Labute approximate surface area is 100 Å². The minimum Gasteiger partial charge on any atom is -0.309 e. The van der Waals surface area contributed by atoms with E-state index in [9.17, 15) is 4.79 Å². The van der Waals surface area contributed by atoms with E-state index in [1.54, 1.807) is 4.90 Å². The van der Waals surface area contributed by atoms with Crippen LogP contribution in [0.2, 0.25) is 0 Å². The molecule has 0 saturated heterocycles. The topological polar surface area (TPSA) is 20.3 Å². The van der Waals surface area contributed by atoms with Crippen molar-refractivity contribution in [3.63, 3.8) is 0 Å². The van der Waals surface area contributed by atoms with Crippen LogP contribution in [-0.2, 0) is 0 Å². The first-order chi connectivity index (χ1) is 8.22. The van der Waals surface area contributed by atoms with Gasteiger partial charge in [0, 0.05) is 23.4 Å². The van der Waals surface area contributed by atoms with Crippen molar-refractivity contribution in [2.75, 3.05) is 6.54 Å². The molecule has 0 unspecified atom stereocenters. The van der Waals surface area contributed by atoms with Gasteiger partial charge in [0.05, 0.1) is 0 Å². The third-order valence-electron chi connectivity index (χ3n) is 3.31. The molecule has 1 aliphatic heterocycles. The number of benzene rings is 2. The van der Waals surface area contributed by atoms with Crippen LogP contribution in [-0.4, -0.2) is 17.4 Å². The Balaban J connectivity index is 2.30. The molecule has 0 radical (unpaired) electrons. The van der Waals surface area contributed by atoms with Crippen LogP contribution in [0.3, 0.4) is 0 Å². The molecule has 0 N–H and O–H groups in total. The quantitative estimate of drug-likeness (QED) is 0.726. The van der Waals surface area contributed by atoms with E-state index in [0.717, 1.165) is 27.6 Å². The number of fused-ring (bicyclic) bond motifs is 2. The second-order valence-corrected chi connectivity index (χ2v) is 4.24. The van der Waals surface area contributed by atoms with Crippen LogP contribution in [0.4, 0.5) is 0 Å². The lowest BCUT2D eigenvalue weighted by Gasteiger charge is -2.13. The molecule has 1 heterocycles. The average Bonchev–Trinajstić information content (AvgIpc) is 2.59. The highest BCUT2D eigenvalue weighted by Crippen LogP contribution is 2.34. The molecule has 0 bridgehead atoms. The van der Waals surface area contributed by atoms with Gasteiger partial charge in [0.1, 0.15) is 0 Å². The number of hydrogen-bond donors (Lipinski definition) is 0. The summed E-state index contributed by atoms with van der Waals surface area (Å²) in [6, 6.07) is 12.1. The number of rotatable bonds is 1. The van der Waals surface area contributed by atoms with Crippen molar-refractivity contribution in [2.45, 2.75) is 6.92 Å². The largest absolute Gasteiger partial charge is 0.309 e. The summed E-state index contributed by atoms with van der Waals surface area (Å²) in [6.07, 6.45) is 0. The van der Waals surface area contributed by atoms with Crippen molar-refractivity contribution < 1.29 is 4.79 Å². The zero-order valence-corrected chi connectivity index (χ0v) is 9.73. The summed E-state index contributed by atoms with van der Waals surface area (Å²) in [5.41, 5.74) is 2.56. The SMILES string of the molecule is C=C1c2cc3ccccc3cc2C(=O)N1CC. The van der Waals surface area contributed by atoms with E-state index >= 15 is 0 Å². The number of carbonyl (C=O) groups excluding carboxylic acids is 1. The van der Waals surface area contributed by atoms with E-state index in [2.05, 4.69) is 18.7 Å². The fourth-order valence-corrected chi connectivity index (χ4v) is 2.40. The second kappa shape index (κ2) is 3.45. The van der Waals surface area contributed by atoms with Gasteiger partial charge in [-0.1, -0.05) is 30.8 Å². The molecule has 17 heavy (non-hydrogen) atoms. The average molecular weight is 223 g/mol. The van der Waals surface area contributed by atoms with Gasteiger partial charge in [-0.05, 0) is 29.8 Å². The Morgan fingerprint density at radius 3 is 2.29 bits per heavy atom. The lowest BCUT2D eigenvalue weighted by Crippen LogP contribution is -2.21. The monoisotopic (exact) mass is 223 g/mol. The van der Waals surface area contributed by atoms with E-state index in [-0.39, 0.29) is 5.91 Å². The minimum absolute atomic E-state index is 0.0678. The third-order valence-corrected chi connectivity index (χ3v) is 3.31. The zero-order valence-electron chi connectivity index (χ0n) is 9.73. The minimum atomic E-state index is 0.0678. The molecule has 2 heteroatoms. The van der Waals surface area contributed by atoms with Gasteiger partial charge in [-0.25, -0.2) is 0 Å². The predicted octanol–water partition coefficient (Wildman–Crippen LogP) is 3.29. The van der Waals surface area contributed by atoms with Crippen molar-refractivity contribution >= 4 is 22.4 Å². The maximum atomic E-state index is 12.1. The van der Waals surface area contributed by atoms with Crippen molar-refractivity contribution in [1.29, 1.82) is 0 Å². The van der Waals surface area contributed by atoms with Gasteiger partial charge < -0.3 is 4.90 Å². The summed E-state index contributed by atoms with van der Waals surface area (Å²) >= 11 is 0. The van der Waals surface area contributed by atoms with Crippen LogP contribution >= 0.6 is 0 Å². The van der Waals surface area contributed by atoms with E-state index < -0.39 is 0 Å². The highest BCUT2D eigenvalue weighted by atomic mass is 16.2. The number of hydrogen-bond acceptors (Lipinski definition) is 1. The van der Waals surface area contributed by atoms with Gasteiger partial charge in [0.25, 0.3) is 5.91 Å². The molecule has 0 atom stereocenters. The lowest BCUT2D eigenvalue weighted by molar-refractivity contribution is 0.0856. The third kappa shape index (κ3) is 1.30. The van der Waals surface area contributed by atoms with E-state index in [1.165, 1.54) is 0 Å². The Morgan fingerprint density at radius 1 is 1.12 bits per heavy atom. The molecule has 0 aliphatic carbocycles. The van der Waals surface area contributed by atoms with Crippen molar-refractivity contribution in [3.8, 4) is 0 Å². The summed E-state index contributed by atoms with van der Waals surface area (Å²) in [4.78, 5) is 13.9. The van der Waals surface area contributed by atoms with Crippen LogP contribution in [0.5, 0.6) is 0 Å². The highest BCUT2D eigenvalue weighted by Gasteiger charge is 2.29. The van der Waals surface area contributed by atoms with Gasteiger partial charge >= 0.3 is 0 Å². The molecule has 1 aliphatic rings. The van der Waals surface area contributed by atoms with Crippen LogP contribution in [0.1, 0.15) is 22.8 Å². The van der Waals surface area contributed by atoms with Gasteiger partial charge in [-0.2, -0.15) is 0 Å². The fraction of sp³-hybridized carbons (Fsp3) is 0.133. The predicted molar refractivity (Wildman–Crippen MR) is 69.7 cm³/mol. The Morgan fingerprint density at radius 2 is 1.71 bits per heavy atom. The summed E-state index contributed by atoms with van der Waals surface area (Å²) in [7, 11) is 0. The molecule has 2 aromatic rings. The standard InChI is InChI=1S/C15H13NO/c1-3-16-10(2)13-8-11-6-4-5-7-12(11)9-14(13)15(16)17/h4-9H,2-3H2,1H3. The molecule has 84 valence electrons. The van der Waals surface area contributed by atoms with Crippen LogP contribution in [0.15, 0.2) is 43.0 Å². The maximum absolute atomic E-state index is 12.1. The Kier molecular flexibility index (Phi) is 2.05. The summed E-state index contributed by atoms with van der Waals surface area (Å²) < 4.78 is 0. The van der Waals surface area contributed by atoms with E-state index in [4.69, 9.17) is 0 Å². The first-order valence-corrected chi connectivity index (χ1v) is 5.76. The fourth-order valence-electron chi connectivity index (χ4n) is 2.40. The van der Waals surface area contributed by atoms with Crippen LogP contribution < -0.4 is 0 Å². The molecule has 3 rings (SSSR count). The van der Waals surface area contributed by atoms with Gasteiger partial charge in [0.15, 0.2) is 0 Å². The molecule has 0 spiro atoms. The molecule has 2 nitrogen and oxygen atoms in total. The molecule has 0 aromatic heterocycles. The summed E-state index contributed by atoms with van der Waals surface area (Å²) in [5.74, 6) is 0.0678. The highest BCUT2D eigenvalue weighted by molar-refractivity contribution is 6.11. The van der Waals surface area contributed by atoms with Crippen molar-refractivity contribution in [3.05, 3.63) is 54.1 Å². The van der Waals surface area contributed by atoms with Crippen molar-refractivity contribution in [1.82, 2.24) is 4.90 Å². The van der Waals surface area contributed by atoms with Gasteiger partial charge in [-0.3, -0.25) is 4.79 Å². The zero-order chi connectivity index (χ0) is 12.0. The van der Waals surface area contributed by atoms with Crippen molar-refractivity contribution in [2.24, 2.45) is 0 Å². The number of amides is 1. The second-order valence-electron chi connectivity index (χ2n) is 4.24. The van der Waals surface area contributed by atoms with E-state index in [0.29, 0.717) is 6.54 Å². The summed E-state index contributed by atoms with van der Waals surface area (Å²) in [6.45, 7) is 6.65. The first kappa shape index (κ1) is 10.1. The molecular weight excluding hydrogens is 210 g/mol. The molecule has 1 amide bonds. The Hall–Kier alpha value is -2.09. The molecule has 2 aromatic carbocycles. The smallest absolute Gasteiger partial charge is 0.258 e. The molecule has 0 fully saturated rings. The van der Waals surface area contributed by atoms with Gasteiger partial charge in [0.2, 0.25) is 0 Å².